The molecule has 0 aliphatic heterocycles. The number of benzene rings is 1. The van der Waals surface area contributed by atoms with Gasteiger partial charge in [-0.25, -0.2) is 0 Å². The highest BCUT2D eigenvalue weighted by atomic mass is 32.2. The standard InChI is InChI=1S/C25H44O3S/c1-4-6-8-10-11-12-14-16-18-24(17-15-13-9-7-5-2)28-29(26,27)25-21-19-23(3)20-22-25/h19-22,24H,4-18H2,1-3H3. The van der Waals surface area contributed by atoms with Crippen molar-refractivity contribution < 1.29 is 12.6 Å². The Balaban J connectivity index is 2.48. The zero-order valence-corrected chi connectivity index (χ0v) is 19.9. The summed E-state index contributed by atoms with van der Waals surface area (Å²) in [6.07, 6.45) is 17.5. The number of hydrogen-bond donors (Lipinski definition) is 0. The van der Waals surface area contributed by atoms with Crippen LogP contribution in [0.25, 0.3) is 0 Å². The molecule has 0 heterocycles. The first-order valence-electron chi connectivity index (χ1n) is 12.0. The summed E-state index contributed by atoms with van der Waals surface area (Å²) in [5.41, 5.74) is 1.05. The fourth-order valence-electron chi connectivity index (χ4n) is 3.66. The molecule has 0 saturated heterocycles. The molecule has 0 amide bonds. The van der Waals surface area contributed by atoms with E-state index in [0.717, 1.165) is 37.7 Å². The van der Waals surface area contributed by atoms with Crippen molar-refractivity contribution >= 4 is 10.1 Å². The van der Waals surface area contributed by atoms with Crippen LogP contribution in [0.2, 0.25) is 0 Å². The van der Waals surface area contributed by atoms with Crippen LogP contribution in [0.4, 0.5) is 0 Å². The summed E-state index contributed by atoms with van der Waals surface area (Å²) in [5, 5.41) is 0. The molecule has 3 nitrogen and oxygen atoms in total. The van der Waals surface area contributed by atoms with Gasteiger partial charge in [0.1, 0.15) is 0 Å². The molecule has 1 aromatic carbocycles. The molecule has 168 valence electrons. The Morgan fingerprint density at radius 2 is 1.10 bits per heavy atom. The van der Waals surface area contributed by atoms with Crippen molar-refractivity contribution in [1.82, 2.24) is 0 Å². The Hall–Kier alpha value is -0.870. The van der Waals surface area contributed by atoms with Gasteiger partial charge in [-0.2, -0.15) is 8.42 Å². The second-order valence-electron chi connectivity index (χ2n) is 8.45. The van der Waals surface area contributed by atoms with E-state index in [4.69, 9.17) is 4.18 Å². The fourth-order valence-corrected chi connectivity index (χ4v) is 4.79. The van der Waals surface area contributed by atoms with Gasteiger partial charge in [0.25, 0.3) is 10.1 Å². The molecule has 0 aliphatic rings. The van der Waals surface area contributed by atoms with Crippen molar-refractivity contribution in [1.29, 1.82) is 0 Å². The maximum atomic E-state index is 12.7. The minimum absolute atomic E-state index is 0.192. The Bertz CT molecular complexity index is 607. The second kappa shape index (κ2) is 15.9. The first kappa shape index (κ1) is 26.2. The molecule has 1 aromatic rings. The largest absolute Gasteiger partial charge is 0.297 e. The molecule has 0 N–H and O–H groups in total. The maximum Gasteiger partial charge on any atom is 0.297 e. The quantitative estimate of drug-likeness (QED) is 0.177. The van der Waals surface area contributed by atoms with Crippen LogP contribution < -0.4 is 0 Å². The van der Waals surface area contributed by atoms with Crippen LogP contribution in [0.15, 0.2) is 29.2 Å². The number of aryl methyl sites for hydroxylation is 1. The minimum Gasteiger partial charge on any atom is -0.263 e. The normalized spacial score (nSPS) is 12.9. The molecule has 0 aliphatic carbocycles. The first-order valence-corrected chi connectivity index (χ1v) is 13.4. The lowest BCUT2D eigenvalue weighted by molar-refractivity contribution is 0.180. The topological polar surface area (TPSA) is 43.4 Å². The highest BCUT2D eigenvalue weighted by Gasteiger charge is 2.21. The number of hydrogen-bond acceptors (Lipinski definition) is 3. The predicted molar refractivity (Wildman–Crippen MR) is 124 cm³/mol. The fraction of sp³-hybridized carbons (Fsp3) is 0.760. The van der Waals surface area contributed by atoms with Gasteiger partial charge in [0.05, 0.1) is 11.0 Å². The summed E-state index contributed by atoms with van der Waals surface area (Å²) in [6.45, 7) is 6.41. The lowest BCUT2D eigenvalue weighted by Crippen LogP contribution is -2.19. The SMILES string of the molecule is CCCCCCCCCCC(CCCCCCC)OS(=O)(=O)c1ccc(C)cc1. The third kappa shape index (κ3) is 12.4. The first-order chi connectivity index (χ1) is 14.0. The third-order valence-corrected chi connectivity index (χ3v) is 6.96. The Kier molecular flexibility index (Phi) is 14.3. The third-order valence-electron chi connectivity index (χ3n) is 5.58. The van der Waals surface area contributed by atoms with Crippen LogP contribution >= 0.6 is 0 Å². The highest BCUT2D eigenvalue weighted by Crippen LogP contribution is 2.22. The van der Waals surface area contributed by atoms with Gasteiger partial charge in [0.15, 0.2) is 0 Å². The molecule has 0 saturated carbocycles. The van der Waals surface area contributed by atoms with E-state index in [1.165, 1.54) is 64.2 Å². The summed E-state index contributed by atoms with van der Waals surface area (Å²) in [4.78, 5) is 0.273. The average molecular weight is 425 g/mol. The van der Waals surface area contributed by atoms with Gasteiger partial charge >= 0.3 is 0 Å². The Morgan fingerprint density at radius 3 is 1.55 bits per heavy atom. The van der Waals surface area contributed by atoms with E-state index in [1.54, 1.807) is 12.1 Å². The Morgan fingerprint density at radius 1 is 0.690 bits per heavy atom. The van der Waals surface area contributed by atoms with E-state index in [0.29, 0.717) is 0 Å². The zero-order chi connectivity index (χ0) is 21.4. The summed E-state index contributed by atoms with van der Waals surface area (Å²) in [7, 11) is -3.68. The molecule has 0 bridgehead atoms. The van der Waals surface area contributed by atoms with Crippen molar-refractivity contribution in [3.63, 3.8) is 0 Å². The van der Waals surface area contributed by atoms with Gasteiger partial charge in [-0.05, 0) is 31.9 Å². The van der Waals surface area contributed by atoms with Crippen LogP contribution in [0.3, 0.4) is 0 Å². The number of unbranched alkanes of at least 4 members (excludes halogenated alkanes) is 11. The molecule has 1 atom stereocenters. The van der Waals surface area contributed by atoms with E-state index >= 15 is 0 Å². The smallest absolute Gasteiger partial charge is 0.263 e. The van der Waals surface area contributed by atoms with E-state index in [-0.39, 0.29) is 11.0 Å². The van der Waals surface area contributed by atoms with Gasteiger partial charge < -0.3 is 0 Å². The minimum atomic E-state index is -3.68. The van der Waals surface area contributed by atoms with Gasteiger partial charge in [0, 0.05) is 0 Å². The van der Waals surface area contributed by atoms with Crippen LogP contribution in [-0.4, -0.2) is 14.5 Å². The molecule has 1 unspecified atom stereocenters. The number of rotatable bonds is 18. The summed E-state index contributed by atoms with van der Waals surface area (Å²) in [5.74, 6) is 0. The second-order valence-corrected chi connectivity index (χ2v) is 10.0. The molecular weight excluding hydrogens is 380 g/mol. The lowest BCUT2D eigenvalue weighted by atomic mass is 10.0. The van der Waals surface area contributed by atoms with E-state index < -0.39 is 10.1 Å². The zero-order valence-electron chi connectivity index (χ0n) is 19.1. The molecule has 0 radical (unpaired) electrons. The molecular formula is C25H44O3S. The van der Waals surface area contributed by atoms with E-state index in [1.807, 2.05) is 19.1 Å². The van der Waals surface area contributed by atoms with Crippen molar-refractivity contribution in [2.45, 2.75) is 128 Å². The molecule has 1 rings (SSSR count). The van der Waals surface area contributed by atoms with Crippen LogP contribution in [0.1, 0.15) is 116 Å². The van der Waals surface area contributed by atoms with Crippen molar-refractivity contribution in [3.05, 3.63) is 29.8 Å². The molecule has 29 heavy (non-hydrogen) atoms. The summed E-state index contributed by atoms with van der Waals surface area (Å²) in [6, 6.07) is 6.96. The molecule has 0 aromatic heterocycles. The monoisotopic (exact) mass is 424 g/mol. The van der Waals surface area contributed by atoms with Crippen LogP contribution in [-0.2, 0) is 14.3 Å². The maximum absolute atomic E-state index is 12.7. The lowest BCUT2D eigenvalue weighted by Gasteiger charge is -2.18. The van der Waals surface area contributed by atoms with Gasteiger partial charge in [-0.1, -0.05) is 115 Å². The summed E-state index contributed by atoms with van der Waals surface area (Å²) < 4.78 is 31.1. The highest BCUT2D eigenvalue weighted by molar-refractivity contribution is 7.86. The predicted octanol–water partition coefficient (Wildman–Crippen LogP) is 7.96. The van der Waals surface area contributed by atoms with Crippen LogP contribution in [0.5, 0.6) is 0 Å². The van der Waals surface area contributed by atoms with Crippen molar-refractivity contribution in [2.75, 3.05) is 0 Å². The average Bonchev–Trinajstić information content (AvgIpc) is 2.69. The molecule has 0 spiro atoms. The summed E-state index contributed by atoms with van der Waals surface area (Å²) >= 11 is 0. The van der Waals surface area contributed by atoms with Gasteiger partial charge in [-0.3, -0.25) is 4.18 Å². The van der Waals surface area contributed by atoms with Crippen LogP contribution in [0, 0.1) is 6.92 Å². The Labute approximate surface area is 180 Å². The van der Waals surface area contributed by atoms with Crippen molar-refractivity contribution in [3.8, 4) is 0 Å². The van der Waals surface area contributed by atoms with E-state index in [9.17, 15) is 8.42 Å². The molecule has 4 heteroatoms. The van der Waals surface area contributed by atoms with Crippen molar-refractivity contribution in [2.24, 2.45) is 0 Å². The van der Waals surface area contributed by atoms with E-state index in [2.05, 4.69) is 13.8 Å². The van der Waals surface area contributed by atoms with Gasteiger partial charge in [-0.15, -0.1) is 0 Å². The van der Waals surface area contributed by atoms with Gasteiger partial charge in [0.2, 0.25) is 0 Å². The molecule has 0 fully saturated rings.